The number of para-hydroxylation sites is 1. The maximum Gasteiger partial charge on any atom is 0.318 e. The SMILES string of the molecule is CCOc1ncccc1C1(NC(=O)N2CCN(C3CCN(CC)CC3)CC2)C(=O)N(S(=O)(=O)c2ccccc2OC)c2ccc(C#N)cc21. The number of nitrogens with one attached hydrogen (secondary N) is 1. The minimum absolute atomic E-state index is 0.00949. The molecule has 0 radical (unpaired) electrons. The van der Waals surface area contributed by atoms with Crippen molar-refractivity contribution in [3.05, 3.63) is 77.5 Å². The first-order chi connectivity index (χ1) is 23.7. The summed E-state index contributed by atoms with van der Waals surface area (Å²) in [5, 5.41) is 12.9. The molecule has 3 aliphatic rings. The highest BCUT2D eigenvalue weighted by Gasteiger charge is 2.59. The number of piperidine rings is 1. The highest BCUT2D eigenvalue weighted by molar-refractivity contribution is 7.93. The van der Waals surface area contributed by atoms with Crippen LogP contribution in [0, 0.1) is 11.3 Å². The van der Waals surface area contributed by atoms with E-state index in [-0.39, 0.29) is 45.5 Å². The van der Waals surface area contributed by atoms with Crippen molar-refractivity contribution in [1.29, 1.82) is 5.26 Å². The van der Waals surface area contributed by atoms with Gasteiger partial charge in [-0.1, -0.05) is 19.1 Å². The lowest BCUT2D eigenvalue weighted by atomic mass is 9.83. The summed E-state index contributed by atoms with van der Waals surface area (Å²) < 4.78 is 40.9. The van der Waals surface area contributed by atoms with Crippen molar-refractivity contribution in [2.45, 2.75) is 43.2 Å². The number of nitrogens with zero attached hydrogens (tertiary/aromatic N) is 6. The monoisotopic (exact) mass is 687 g/mol. The molecule has 4 heterocycles. The van der Waals surface area contributed by atoms with Crippen molar-refractivity contribution in [1.82, 2.24) is 25.0 Å². The average molecular weight is 688 g/mol. The standard InChI is InChI=1S/C35H41N7O6S/c1-4-39-17-14-26(15-18-39)40-19-21-41(22-20-40)34(44)38-35(27-9-8-16-37-32(27)48-5-2)28-23-25(24-36)12-13-29(28)42(33(35)43)49(45,46)31-11-7-6-10-30(31)47-3/h6-13,16,23,26H,4-5,14-15,17-22H2,1-3H3,(H,38,44). The predicted molar refractivity (Wildman–Crippen MR) is 182 cm³/mol. The molecule has 258 valence electrons. The number of pyridine rings is 1. The molecule has 0 aliphatic carbocycles. The number of carbonyl (C=O) groups is 2. The Kier molecular flexibility index (Phi) is 9.78. The number of carbonyl (C=O) groups excluding carboxylic acids is 2. The molecule has 2 saturated heterocycles. The number of anilines is 1. The number of rotatable bonds is 9. The maximum atomic E-state index is 15.1. The van der Waals surface area contributed by atoms with Gasteiger partial charge in [-0.25, -0.2) is 18.2 Å². The topological polar surface area (TPSA) is 148 Å². The Morgan fingerprint density at radius 2 is 1.76 bits per heavy atom. The van der Waals surface area contributed by atoms with Gasteiger partial charge in [0.1, 0.15) is 10.6 Å². The number of hydrogen-bond acceptors (Lipinski definition) is 10. The second kappa shape index (κ2) is 14.0. The van der Waals surface area contributed by atoms with Crippen LogP contribution in [0.3, 0.4) is 0 Å². The number of hydrogen-bond donors (Lipinski definition) is 1. The molecule has 2 fully saturated rings. The Labute approximate surface area is 287 Å². The van der Waals surface area contributed by atoms with Crippen molar-refractivity contribution >= 4 is 27.6 Å². The number of fused-ring (bicyclic) bond motifs is 1. The number of urea groups is 1. The summed E-state index contributed by atoms with van der Waals surface area (Å²) in [6.45, 7) is 9.46. The summed E-state index contributed by atoms with van der Waals surface area (Å²) in [7, 11) is -3.27. The minimum Gasteiger partial charge on any atom is -0.495 e. The number of ether oxygens (including phenoxy) is 2. The van der Waals surface area contributed by atoms with E-state index in [2.05, 4.69) is 33.1 Å². The molecule has 1 unspecified atom stereocenters. The Balaban J connectivity index is 1.42. The van der Waals surface area contributed by atoms with Crippen LogP contribution < -0.4 is 19.1 Å². The summed E-state index contributed by atoms with van der Waals surface area (Å²) in [4.78, 5) is 40.1. The van der Waals surface area contributed by atoms with Gasteiger partial charge < -0.3 is 24.6 Å². The van der Waals surface area contributed by atoms with Crippen molar-refractivity contribution in [2.24, 2.45) is 0 Å². The fourth-order valence-corrected chi connectivity index (χ4v) is 8.76. The molecule has 3 aliphatic heterocycles. The number of piperazine rings is 1. The zero-order chi connectivity index (χ0) is 34.8. The Bertz CT molecular complexity index is 1870. The van der Waals surface area contributed by atoms with E-state index in [1.807, 2.05) is 0 Å². The van der Waals surface area contributed by atoms with E-state index in [0.29, 0.717) is 36.5 Å². The Morgan fingerprint density at radius 1 is 1.02 bits per heavy atom. The van der Waals surface area contributed by atoms with Gasteiger partial charge in [0.15, 0.2) is 5.54 Å². The van der Waals surface area contributed by atoms with E-state index in [0.717, 1.165) is 32.5 Å². The van der Waals surface area contributed by atoms with Crippen LogP contribution in [0.2, 0.25) is 0 Å². The van der Waals surface area contributed by atoms with Gasteiger partial charge in [-0.15, -0.1) is 0 Å². The minimum atomic E-state index is -4.61. The first-order valence-corrected chi connectivity index (χ1v) is 18.0. The molecular formula is C35H41N7O6S. The number of aromatic nitrogens is 1. The molecular weight excluding hydrogens is 646 g/mol. The zero-order valence-corrected chi connectivity index (χ0v) is 28.8. The third-order valence-electron chi connectivity index (χ3n) is 9.71. The molecule has 0 spiro atoms. The van der Waals surface area contributed by atoms with Crippen molar-refractivity contribution in [3.8, 4) is 17.7 Å². The van der Waals surface area contributed by atoms with E-state index in [9.17, 15) is 18.5 Å². The number of likely N-dealkylation sites (tertiary alicyclic amines) is 1. The van der Waals surface area contributed by atoms with Crippen molar-refractivity contribution in [3.63, 3.8) is 0 Å². The highest BCUT2D eigenvalue weighted by Crippen LogP contribution is 2.49. The van der Waals surface area contributed by atoms with Crippen LogP contribution in [-0.4, -0.2) is 106 Å². The quantitative estimate of drug-likeness (QED) is 0.356. The summed E-state index contributed by atoms with van der Waals surface area (Å²) >= 11 is 0. The highest BCUT2D eigenvalue weighted by atomic mass is 32.2. The maximum absolute atomic E-state index is 15.1. The lowest BCUT2D eigenvalue weighted by Crippen LogP contribution is -2.61. The third kappa shape index (κ3) is 6.07. The van der Waals surface area contributed by atoms with Gasteiger partial charge in [0, 0.05) is 44.0 Å². The molecule has 1 aromatic heterocycles. The second-order valence-electron chi connectivity index (χ2n) is 12.2. The van der Waals surface area contributed by atoms with E-state index in [1.54, 1.807) is 30.0 Å². The van der Waals surface area contributed by atoms with Crippen LogP contribution in [0.4, 0.5) is 10.5 Å². The van der Waals surface area contributed by atoms with E-state index in [4.69, 9.17) is 9.47 Å². The van der Waals surface area contributed by atoms with Gasteiger partial charge in [-0.3, -0.25) is 9.69 Å². The fourth-order valence-electron chi connectivity index (χ4n) is 7.14. The van der Waals surface area contributed by atoms with Crippen molar-refractivity contribution < 1.29 is 27.5 Å². The Hall–Kier alpha value is -4.71. The zero-order valence-electron chi connectivity index (χ0n) is 28.0. The summed E-state index contributed by atoms with van der Waals surface area (Å²) in [5.41, 5.74) is -1.70. The van der Waals surface area contributed by atoms with E-state index in [1.165, 1.54) is 49.7 Å². The number of sulfonamides is 1. The summed E-state index contributed by atoms with van der Waals surface area (Å²) in [6.07, 6.45) is 3.64. The van der Waals surface area contributed by atoms with Gasteiger partial charge in [0.05, 0.1) is 36.6 Å². The molecule has 14 heteroatoms. The van der Waals surface area contributed by atoms with Crippen LogP contribution >= 0.6 is 0 Å². The van der Waals surface area contributed by atoms with Crippen molar-refractivity contribution in [2.75, 3.05) is 63.8 Å². The molecule has 3 amide bonds. The molecule has 3 aromatic rings. The lowest BCUT2D eigenvalue weighted by Gasteiger charge is -2.43. The van der Waals surface area contributed by atoms with Crippen LogP contribution in [0.1, 0.15) is 43.4 Å². The largest absolute Gasteiger partial charge is 0.495 e. The smallest absolute Gasteiger partial charge is 0.318 e. The van der Waals surface area contributed by atoms with Crippen LogP contribution in [-0.2, 0) is 20.4 Å². The number of methoxy groups -OCH3 is 1. The third-order valence-corrected chi connectivity index (χ3v) is 11.5. The van der Waals surface area contributed by atoms with Crippen LogP contribution in [0.5, 0.6) is 11.6 Å². The molecule has 0 bridgehead atoms. The Morgan fingerprint density at radius 3 is 2.43 bits per heavy atom. The van der Waals surface area contributed by atoms with Gasteiger partial charge in [-0.05, 0) is 81.9 Å². The van der Waals surface area contributed by atoms with Gasteiger partial charge in [0.2, 0.25) is 5.88 Å². The first kappa shape index (κ1) is 34.2. The van der Waals surface area contributed by atoms with Crippen LogP contribution in [0.15, 0.2) is 65.7 Å². The average Bonchev–Trinajstić information content (AvgIpc) is 3.39. The molecule has 1 N–H and O–H groups in total. The lowest BCUT2D eigenvalue weighted by molar-refractivity contribution is -0.121. The normalized spacial score (nSPS) is 20.5. The first-order valence-electron chi connectivity index (χ1n) is 16.6. The molecule has 0 saturated carbocycles. The second-order valence-corrected chi connectivity index (χ2v) is 14.0. The fraction of sp³-hybridized carbons (Fsp3) is 0.429. The predicted octanol–water partition coefficient (Wildman–Crippen LogP) is 3.15. The van der Waals surface area contributed by atoms with Gasteiger partial charge in [-0.2, -0.15) is 9.57 Å². The van der Waals surface area contributed by atoms with E-state index < -0.39 is 27.5 Å². The summed E-state index contributed by atoms with van der Waals surface area (Å²) in [5.74, 6) is -0.875. The molecule has 13 nitrogen and oxygen atoms in total. The molecule has 6 rings (SSSR count). The number of amides is 3. The number of nitriles is 1. The van der Waals surface area contributed by atoms with Gasteiger partial charge in [0.25, 0.3) is 15.9 Å². The molecule has 1 atom stereocenters. The molecule has 49 heavy (non-hydrogen) atoms. The number of benzene rings is 2. The molecule has 2 aromatic carbocycles. The summed E-state index contributed by atoms with van der Waals surface area (Å²) in [6, 6.07) is 15.4. The van der Waals surface area contributed by atoms with Gasteiger partial charge >= 0.3 is 6.03 Å². The van der Waals surface area contributed by atoms with Crippen LogP contribution in [0.25, 0.3) is 0 Å². The van der Waals surface area contributed by atoms with E-state index >= 15 is 4.79 Å².